The van der Waals surface area contributed by atoms with E-state index in [-0.39, 0.29) is 17.6 Å². The van der Waals surface area contributed by atoms with Gasteiger partial charge in [0, 0.05) is 25.2 Å². The number of halogens is 1. The Hall–Kier alpha value is -3.46. The molecule has 1 aliphatic heterocycles. The summed E-state index contributed by atoms with van der Waals surface area (Å²) in [4.78, 5) is 20.4. The number of nitrogens with one attached hydrogen (secondary N) is 1. The summed E-state index contributed by atoms with van der Waals surface area (Å²) in [5.41, 5.74) is 2.65. The Balaban J connectivity index is 1.22. The number of amides is 1. The van der Waals surface area contributed by atoms with Gasteiger partial charge in [0.25, 0.3) is 0 Å². The van der Waals surface area contributed by atoms with Crippen molar-refractivity contribution in [2.45, 2.75) is 19.4 Å². The van der Waals surface area contributed by atoms with Gasteiger partial charge in [0.1, 0.15) is 11.6 Å². The van der Waals surface area contributed by atoms with E-state index in [2.05, 4.69) is 20.3 Å². The SMILES string of the molecule is COc1ccc(CNC(=O)C2CCCN(c3nn4cc(-c5ccc(F)cc5)nc4s3)C2)cc1. The van der Waals surface area contributed by atoms with Crippen LogP contribution < -0.4 is 15.0 Å². The van der Waals surface area contributed by atoms with Crippen LogP contribution in [-0.4, -0.2) is 40.7 Å². The third kappa shape index (κ3) is 4.68. The maximum absolute atomic E-state index is 13.2. The standard InChI is InChI=1S/C24H24FN5O2S/c1-32-20-10-4-16(5-11-20)13-26-22(31)18-3-2-12-29(14-18)24-28-30-15-21(27-23(30)33-24)17-6-8-19(25)9-7-17/h4-11,15,18H,2-3,12-14H2,1H3,(H,26,31). The fraction of sp³-hybridized carbons (Fsp3) is 0.292. The summed E-state index contributed by atoms with van der Waals surface area (Å²) in [6, 6.07) is 14.0. The molecule has 1 unspecified atom stereocenters. The Morgan fingerprint density at radius 2 is 2.00 bits per heavy atom. The van der Waals surface area contributed by atoms with Crippen LogP contribution in [0.4, 0.5) is 9.52 Å². The predicted molar refractivity (Wildman–Crippen MR) is 126 cm³/mol. The van der Waals surface area contributed by atoms with E-state index >= 15 is 0 Å². The van der Waals surface area contributed by atoms with E-state index in [1.165, 1.54) is 23.5 Å². The molecule has 0 bridgehead atoms. The van der Waals surface area contributed by atoms with Crippen molar-refractivity contribution >= 4 is 27.3 Å². The number of rotatable bonds is 6. The highest BCUT2D eigenvalue weighted by atomic mass is 32.1. The number of carbonyl (C=O) groups is 1. The highest BCUT2D eigenvalue weighted by Crippen LogP contribution is 2.30. The number of benzene rings is 2. The number of piperidine rings is 1. The van der Waals surface area contributed by atoms with E-state index in [0.717, 1.165) is 52.0 Å². The van der Waals surface area contributed by atoms with Crippen molar-refractivity contribution in [2.75, 3.05) is 25.1 Å². The molecule has 1 amide bonds. The van der Waals surface area contributed by atoms with Gasteiger partial charge in [-0.05, 0) is 54.8 Å². The van der Waals surface area contributed by atoms with E-state index in [1.807, 2.05) is 30.5 Å². The van der Waals surface area contributed by atoms with Crippen molar-refractivity contribution in [1.29, 1.82) is 0 Å². The Morgan fingerprint density at radius 3 is 2.73 bits per heavy atom. The first kappa shape index (κ1) is 21.4. The summed E-state index contributed by atoms with van der Waals surface area (Å²) in [6.45, 7) is 2.00. The van der Waals surface area contributed by atoms with Crippen LogP contribution in [0.5, 0.6) is 5.75 Å². The van der Waals surface area contributed by atoms with E-state index < -0.39 is 0 Å². The Bertz CT molecular complexity index is 1220. The monoisotopic (exact) mass is 465 g/mol. The van der Waals surface area contributed by atoms with Crippen molar-refractivity contribution in [3.8, 4) is 17.0 Å². The van der Waals surface area contributed by atoms with E-state index in [0.29, 0.717) is 13.1 Å². The third-order valence-electron chi connectivity index (χ3n) is 5.86. The number of fused-ring (bicyclic) bond motifs is 1. The van der Waals surface area contributed by atoms with Crippen LogP contribution >= 0.6 is 11.3 Å². The van der Waals surface area contributed by atoms with Gasteiger partial charge in [-0.1, -0.05) is 23.5 Å². The lowest BCUT2D eigenvalue weighted by molar-refractivity contribution is -0.125. The third-order valence-corrected chi connectivity index (χ3v) is 6.84. The number of methoxy groups -OCH3 is 1. The number of ether oxygens (including phenoxy) is 1. The molecule has 2 aromatic heterocycles. The smallest absolute Gasteiger partial charge is 0.225 e. The van der Waals surface area contributed by atoms with Crippen molar-refractivity contribution in [3.63, 3.8) is 0 Å². The Morgan fingerprint density at radius 1 is 1.21 bits per heavy atom. The van der Waals surface area contributed by atoms with Crippen LogP contribution in [0.25, 0.3) is 16.2 Å². The van der Waals surface area contributed by atoms with Gasteiger partial charge in [0.15, 0.2) is 0 Å². The van der Waals surface area contributed by atoms with Crippen LogP contribution in [0.2, 0.25) is 0 Å². The van der Waals surface area contributed by atoms with E-state index in [1.54, 1.807) is 23.8 Å². The summed E-state index contributed by atoms with van der Waals surface area (Å²) < 4.78 is 20.1. The molecule has 5 rings (SSSR count). The number of anilines is 1. The molecule has 3 heterocycles. The van der Waals surface area contributed by atoms with Crippen molar-refractivity contribution < 1.29 is 13.9 Å². The summed E-state index contributed by atoms with van der Waals surface area (Å²) >= 11 is 1.50. The molecule has 9 heteroatoms. The molecule has 1 atom stereocenters. The van der Waals surface area contributed by atoms with Crippen LogP contribution in [-0.2, 0) is 11.3 Å². The van der Waals surface area contributed by atoms with Gasteiger partial charge >= 0.3 is 0 Å². The van der Waals surface area contributed by atoms with Gasteiger partial charge in [0.05, 0.1) is 24.9 Å². The van der Waals surface area contributed by atoms with Crippen LogP contribution in [0.1, 0.15) is 18.4 Å². The summed E-state index contributed by atoms with van der Waals surface area (Å²) in [6.07, 6.45) is 3.65. The topological polar surface area (TPSA) is 71.8 Å². The van der Waals surface area contributed by atoms with E-state index in [9.17, 15) is 9.18 Å². The Labute approximate surface area is 194 Å². The molecule has 33 heavy (non-hydrogen) atoms. The van der Waals surface area contributed by atoms with Gasteiger partial charge < -0.3 is 15.0 Å². The average molecular weight is 466 g/mol. The zero-order valence-corrected chi connectivity index (χ0v) is 19.0. The molecule has 0 aliphatic carbocycles. The highest BCUT2D eigenvalue weighted by molar-refractivity contribution is 7.20. The molecule has 1 saturated heterocycles. The van der Waals surface area contributed by atoms with Crippen molar-refractivity contribution in [3.05, 3.63) is 66.1 Å². The molecule has 1 N–H and O–H groups in total. The minimum absolute atomic E-state index is 0.0652. The Kier molecular flexibility index (Phi) is 5.95. The molecule has 0 radical (unpaired) electrons. The fourth-order valence-corrected chi connectivity index (χ4v) is 4.94. The molecule has 1 aliphatic rings. The van der Waals surface area contributed by atoms with E-state index in [4.69, 9.17) is 4.74 Å². The van der Waals surface area contributed by atoms with Gasteiger partial charge in [0.2, 0.25) is 16.0 Å². The number of nitrogens with zero attached hydrogens (tertiary/aromatic N) is 4. The molecule has 0 spiro atoms. The van der Waals surface area contributed by atoms with Crippen molar-refractivity contribution in [2.24, 2.45) is 5.92 Å². The number of aromatic nitrogens is 3. The second-order valence-corrected chi connectivity index (χ2v) is 9.03. The first-order valence-electron chi connectivity index (χ1n) is 10.9. The molecular weight excluding hydrogens is 441 g/mol. The van der Waals surface area contributed by atoms with Crippen molar-refractivity contribution in [1.82, 2.24) is 19.9 Å². The highest BCUT2D eigenvalue weighted by Gasteiger charge is 2.27. The minimum Gasteiger partial charge on any atom is -0.497 e. The number of hydrogen-bond acceptors (Lipinski definition) is 6. The number of imidazole rings is 1. The lowest BCUT2D eigenvalue weighted by atomic mass is 9.97. The second-order valence-electron chi connectivity index (χ2n) is 8.10. The normalized spacial score (nSPS) is 16.2. The minimum atomic E-state index is -0.270. The first-order chi connectivity index (χ1) is 16.1. The van der Waals surface area contributed by atoms with Gasteiger partial charge in [-0.2, -0.15) is 0 Å². The van der Waals surface area contributed by atoms with Crippen LogP contribution in [0.15, 0.2) is 54.7 Å². The van der Waals surface area contributed by atoms with Crippen LogP contribution in [0, 0.1) is 11.7 Å². The number of hydrogen-bond donors (Lipinski definition) is 1. The fourth-order valence-electron chi connectivity index (χ4n) is 4.02. The predicted octanol–water partition coefficient (Wildman–Crippen LogP) is 4.14. The summed E-state index contributed by atoms with van der Waals surface area (Å²) in [5, 5.41) is 8.60. The van der Waals surface area contributed by atoms with Gasteiger partial charge in [-0.25, -0.2) is 13.9 Å². The number of carbonyl (C=O) groups excluding carboxylic acids is 1. The molecule has 1 fully saturated rings. The van der Waals surface area contributed by atoms with Crippen LogP contribution in [0.3, 0.4) is 0 Å². The maximum atomic E-state index is 13.2. The second kappa shape index (κ2) is 9.19. The summed E-state index contributed by atoms with van der Waals surface area (Å²) in [5.74, 6) is 0.513. The zero-order valence-electron chi connectivity index (χ0n) is 18.2. The van der Waals surface area contributed by atoms with Gasteiger partial charge in [-0.15, -0.1) is 5.10 Å². The molecule has 2 aromatic carbocycles. The molecule has 170 valence electrons. The van der Waals surface area contributed by atoms with Gasteiger partial charge in [-0.3, -0.25) is 4.79 Å². The summed E-state index contributed by atoms with van der Waals surface area (Å²) in [7, 11) is 1.64. The molecule has 4 aromatic rings. The molecule has 0 saturated carbocycles. The first-order valence-corrected chi connectivity index (χ1v) is 11.7. The zero-order chi connectivity index (χ0) is 22.8. The maximum Gasteiger partial charge on any atom is 0.225 e. The molecular formula is C24H24FN5O2S. The quantitative estimate of drug-likeness (QED) is 0.464. The lowest BCUT2D eigenvalue weighted by Gasteiger charge is -2.31. The largest absolute Gasteiger partial charge is 0.497 e. The average Bonchev–Trinajstić information content (AvgIpc) is 3.43. The molecule has 7 nitrogen and oxygen atoms in total. The lowest BCUT2D eigenvalue weighted by Crippen LogP contribution is -2.43.